The third-order valence-corrected chi connectivity index (χ3v) is 3.49. The second-order valence-electron chi connectivity index (χ2n) is 4.03. The lowest BCUT2D eigenvalue weighted by Crippen LogP contribution is -2.30. The average Bonchev–Trinajstić information content (AvgIpc) is 2.30. The van der Waals surface area contributed by atoms with Crippen LogP contribution in [-0.4, -0.2) is 30.0 Å². The van der Waals surface area contributed by atoms with Crippen LogP contribution in [0.1, 0.15) is 18.1 Å². The summed E-state index contributed by atoms with van der Waals surface area (Å²) in [5, 5.41) is 8.71. The van der Waals surface area contributed by atoms with Gasteiger partial charge in [-0.3, -0.25) is 4.90 Å². The molecule has 0 saturated heterocycles. The Hall–Kier alpha value is -0.980. The zero-order valence-electron chi connectivity index (χ0n) is 10.1. The molecule has 0 aliphatic heterocycles. The Morgan fingerprint density at radius 2 is 2.00 bits per heavy atom. The highest BCUT2D eigenvalue weighted by Crippen LogP contribution is 2.10. The third-order valence-electron chi connectivity index (χ3n) is 2.68. The van der Waals surface area contributed by atoms with E-state index in [9.17, 15) is 0 Å². The van der Waals surface area contributed by atoms with Gasteiger partial charge in [-0.25, -0.2) is 0 Å². The first-order valence-corrected chi connectivity index (χ1v) is 6.75. The van der Waals surface area contributed by atoms with Gasteiger partial charge in [0.25, 0.3) is 0 Å². The minimum absolute atomic E-state index is 0.575. The fourth-order valence-corrected chi connectivity index (χ4v) is 2.23. The van der Waals surface area contributed by atoms with Gasteiger partial charge in [0, 0.05) is 18.3 Å². The van der Waals surface area contributed by atoms with Gasteiger partial charge in [-0.15, -0.1) is 0 Å². The van der Waals surface area contributed by atoms with Crippen molar-refractivity contribution in [1.29, 1.82) is 5.26 Å². The molecule has 0 heterocycles. The molecule has 1 atom stereocenters. The van der Waals surface area contributed by atoms with Crippen molar-refractivity contribution >= 4 is 11.8 Å². The summed E-state index contributed by atoms with van der Waals surface area (Å²) in [5.74, 6) is 1.15. The van der Waals surface area contributed by atoms with Crippen molar-refractivity contribution in [3.8, 4) is 6.07 Å². The molecular formula is C13H18N2S. The van der Waals surface area contributed by atoms with Crippen LogP contribution in [0.2, 0.25) is 0 Å². The summed E-state index contributed by atoms with van der Waals surface area (Å²) in [4.78, 5) is 2.33. The molecule has 1 unspecified atom stereocenters. The molecule has 0 aliphatic rings. The van der Waals surface area contributed by atoms with Crippen LogP contribution in [-0.2, 0) is 6.54 Å². The fourth-order valence-electron chi connectivity index (χ4n) is 1.50. The summed E-state index contributed by atoms with van der Waals surface area (Å²) in [6.07, 6.45) is 2.13. The predicted octanol–water partition coefficient (Wildman–Crippen LogP) is 2.74. The summed E-state index contributed by atoms with van der Waals surface area (Å²) in [6.45, 7) is 3.17. The Bertz CT molecular complexity index is 353. The summed E-state index contributed by atoms with van der Waals surface area (Å²) >= 11 is 1.87. The van der Waals surface area contributed by atoms with Gasteiger partial charge >= 0.3 is 0 Å². The minimum Gasteiger partial charge on any atom is -0.299 e. The number of nitrogens with zero attached hydrogens (tertiary/aromatic N) is 2. The van der Waals surface area contributed by atoms with Crippen molar-refractivity contribution in [3.63, 3.8) is 0 Å². The standard InChI is InChI=1S/C13H18N2S/c1-11(10-16-3)15(2)9-13-6-4-12(8-14)5-7-13/h4-7,11H,9-10H2,1-3H3. The molecule has 16 heavy (non-hydrogen) atoms. The Labute approximate surface area is 102 Å². The molecule has 0 N–H and O–H groups in total. The molecule has 0 amide bonds. The molecular weight excluding hydrogens is 216 g/mol. The van der Waals surface area contributed by atoms with Gasteiger partial charge in [0.1, 0.15) is 0 Å². The molecule has 0 aromatic heterocycles. The van der Waals surface area contributed by atoms with Crippen LogP contribution in [0, 0.1) is 11.3 Å². The van der Waals surface area contributed by atoms with Crippen LogP contribution < -0.4 is 0 Å². The Kier molecular flexibility index (Phi) is 5.37. The lowest BCUT2D eigenvalue weighted by Gasteiger charge is -2.24. The molecule has 0 radical (unpaired) electrons. The average molecular weight is 234 g/mol. The van der Waals surface area contributed by atoms with Gasteiger partial charge < -0.3 is 0 Å². The topological polar surface area (TPSA) is 27.0 Å². The highest BCUT2D eigenvalue weighted by atomic mass is 32.2. The van der Waals surface area contributed by atoms with Crippen molar-refractivity contribution in [1.82, 2.24) is 4.90 Å². The van der Waals surface area contributed by atoms with E-state index in [-0.39, 0.29) is 0 Å². The van der Waals surface area contributed by atoms with E-state index in [2.05, 4.69) is 31.2 Å². The second-order valence-corrected chi connectivity index (χ2v) is 4.94. The quantitative estimate of drug-likeness (QED) is 0.784. The number of rotatable bonds is 5. The largest absolute Gasteiger partial charge is 0.299 e. The molecule has 1 aromatic carbocycles. The van der Waals surface area contributed by atoms with Crippen LogP contribution >= 0.6 is 11.8 Å². The normalized spacial score (nSPS) is 12.4. The van der Waals surface area contributed by atoms with Gasteiger partial charge in [-0.2, -0.15) is 17.0 Å². The highest BCUT2D eigenvalue weighted by molar-refractivity contribution is 7.98. The van der Waals surface area contributed by atoms with E-state index >= 15 is 0 Å². The molecule has 1 aromatic rings. The summed E-state index contributed by atoms with van der Waals surface area (Å²) in [6, 6.07) is 10.5. The SMILES string of the molecule is CSCC(C)N(C)Cc1ccc(C#N)cc1. The van der Waals surface area contributed by atoms with E-state index in [4.69, 9.17) is 5.26 Å². The predicted molar refractivity (Wildman–Crippen MR) is 70.5 cm³/mol. The molecule has 0 bridgehead atoms. The van der Waals surface area contributed by atoms with E-state index in [0.717, 1.165) is 17.9 Å². The van der Waals surface area contributed by atoms with Crippen molar-refractivity contribution in [2.45, 2.75) is 19.5 Å². The van der Waals surface area contributed by atoms with Crippen LogP contribution in [0.25, 0.3) is 0 Å². The molecule has 0 saturated carbocycles. The first-order chi connectivity index (χ1) is 7.67. The Balaban J connectivity index is 2.56. The highest BCUT2D eigenvalue weighted by Gasteiger charge is 2.08. The minimum atomic E-state index is 0.575. The summed E-state index contributed by atoms with van der Waals surface area (Å²) in [7, 11) is 2.14. The number of hydrogen-bond acceptors (Lipinski definition) is 3. The number of nitriles is 1. The van der Waals surface area contributed by atoms with Gasteiger partial charge in [0.15, 0.2) is 0 Å². The lowest BCUT2D eigenvalue weighted by atomic mass is 10.1. The molecule has 86 valence electrons. The molecule has 0 aliphatic carbocycles. The maximum atomic E-state index is 8.71. The van der Waals surface area contributed by atoms with Gasteiger partial charge in [0.2, 0.25) is 0 Å². The number of benzene rings is 1. The Morgan fingerprint density at radius 1 is 1.38 bits per heavy atom. The second kappa shape index (κ2) is 6.57. The number of thioether (sulfide) groups is 1. The van der Waals surface area contributed by atoms with Crippen molar-refractivity contribution in [2.24, 2.45) is 0 Å². The van der Waals surface area contributed by atoms with E-state index < -0.39 is 0 Å². The van der Waals surface area contributed by atoms with Crippen LogP contribution in [0.4, 0.5) is 0 Å². The zero-order valence-corrected chi connectivity index (χ0v) is 10.9. The molecule has 1 rings (SSSR count). The van der Waals surface area contributed by atoms with E-state index in [1.807, 2.05) is 36.0 Å². The fraction of sp³-hybridized carbons (Fsp3) is 0.462. The smallest absolute Gasteiger partial charge is 0.0991 e. The maximum Gasteiger partial charge on any atom is 0.0991 e. The summed E-state index contributed by atoms with van der Waals surface area (Å²) in [5.41, 5.74) is 1.98. The maximum absolute atomic E-state index is 8.71. The van der Waals surface area contributed by atoms with Crippen LogP contribution in [0.3, 0.4) is 0 Å². The van der Waals surface area contributed by atoms with Crippen molar-refractivity contribution in [3.05, 3.63) is 35.4 Å². The Morgan fingerprint density at radius 3 is 2.50 bits per heavy atom. The first kappa shape index (κ1) is 13.1. The molecule has 0 spiro atoms. The third kappa shape index (κ3) is 3.88. The van der Waals surface area contributed by atoms with Gasteiger partial charge in [-0.1, -0.05) is 12.1 Å². The van der Waals surface area contributed by atoms with Crippen molar-refractivity contribution in [2.75, 3.05) is 19.1 Å². The first-order valence-electron chi connectivity index (χ1n) is 5.35. The molecule has 2 nitrogen and oxygen atoms in total. The van der Waals surface area contributed by atoms with Crippen molar-refractivity contribution < 1.29 is 0 Å². The lowest BCUT2D eigenvalue weighted by molar-refractivity contribution is 0.270. The molecule has 3 heteroatoms. The van der Waals surface area contributed by atoms with Crippen LogP contribution in [0.15, 0.2) is 24.3 Å². The zero-order chi connectivity index (χ0) is 12.0. The van der Waals surface area contributed by atoms with E-state index in [1.165, 1.54) is 5.56 Å². The summed E-state index contributed by atoms with van der Waals surface area (Å²) < 4.78 is 0. The number of hydrogen-bond donors (Lipinski definition) is 0. The molecule has 0 fully saturated rings. The van der Waals surface area contributed by atoms with Gasteiger partial charge in [0.05, 0.1) is 11.6 Å². The van der Waals surface area contributed by atoms with Crippen LogP contribution in [0.5, 0.6) is 0 Å². The monoisotopic (exact) mass is 234 g/mol. The van der Waals surface area contributed by atoms with Gasteiger partial charge in [-0.05, 0) is 37.9 Å². The van der Waals surface area contributed by atoms with E-state index in [1.54, 1.807) is 0 Å². The van der Waals surface area contributed by atoms with E-state index in [0.29, 0.717) is 6.04 Å².